The van der Waals surface area contributed by atoms with Gasteiger partial charge in [-0.25, -0.2) is 0 Å². The maximum absolute atomic E-state index is 11.6. The number of rotatable bonds is 21. The SMILES string of the molecule is CCCCCCCCCCCC/C=C/OC[C@@H](O)COP(=O)([O-])OCC[N+](C)(C)C. The van der Waals surface area contributed by atoms with Crippen LogP contribution in [0.1, 0.15) is 77.6 Å². The molecule has 1 unspecified atom stereocenters. The molecule has 0 aromatic heterocycles. The summed E-state index contributed by atoms with van der Waals surface area (Å²) in [5.41, 5.74) is 0. The van der Waals surface area contributed by atoms with Crippen molar-refractivity contribution in [3.05, 3.63) is 12.3 Å². The van der Waals surface area contributed by atoms with Gasteiger partial charge in [0.15, 0.2) is 0 Å². The topological polar surface area (TPSA) is 88.0 Å². The Morgan fingerprint density at radius 2 is 1.50 bits per heavy atom. The largest absolute Gasteiger partial charge is 0.756 e. The molecule has 0 aliphatic carbocycles. The Bertz CT molecular complexity index is 467. The first-order chi connectivity index (χ1) is 14.2. The summed E-state index contributed by atoms with van der Waals surface area (Å²) in [6.45, 7) is 2.42. The van der Waals surface area contributed by atoms with Crippen LogP contribution in [0.2, 0.25) is 0 Å². The molecule has 0 aromatic rings. The van der Waals surface area contributed by atoms with E-state index in [1.807, 2.05) is 27.2 Å². The fraction of sp³-hybridized carbons (Fsp3) is 0.909. The van der Waals surface area contributed by atoms with Crippen LogP contribution in [0.3, 0.4) is 0 Å². The molecule has 0 saturated heterocycles. The Morgan fingerprint density at radius 3 is 2.07 bits per heavy atom. The van der Waals surface area contributed by atoms with Gasteiger partial charge < -0.3 is 28.3 Å². The van der Waals surface area contributed by atoms with Crippen LogP contribution in [0.15, 0.2) is 12.3 Å². The Balaban J connectivity index is 3.55. The number of quaternary nitrogens is 1. The number of aliphatic hydroxyl groups excluding tert-OH is 1. The van der Waals surface area contributed by atoms with Gasteiger partial charge in [-0.05, 0) is 18.9 Å². The molecule has 0 aliphatic rings. The monoisotopic (exact) mass is 451 g/mol. The summed E-state index contributed by atoms with van der Waals surface area (Å²) in [5, 5.41) is 9.76. The van der Waals surface area contributed by atoms with Crippen LogP contribution in [0.4, 0.5) is 0 Å². The molecule has 0 rings (SSSR count). The van der Waals surface area contributed by atoms with Crippen LogP contribution in [0, 0.1) is 0 Å². The van der Waals surface area contributed by atoms with Gasteiger partial charge >= 0.3 is 0 Å². The lowest BCUT2D eigenvalue weighted by Gasteiger charge is -2.27. The zero-order valence-electron chi connectivity index (χ0n) is 19.7. The first-order valence-electron chi connectivity index (χ1n) is 11.5. The lowest BCUT2D eigenvalue weighted by molar-refractivity contribution is -0.870. The lowest BCUT2D eigenvalue weighted by Crippen LogP contribution is -2.37. The number of allylic oxidation sites excluding steroid dienone is 1. The number of phosphoric acid groups is 1. The van der Waals surface area contributed by atoms with Crippen LogP contribution in [-0.4, -0.2) is 63.2 Å². The highest BCUT2D eigenvalue weighted by Crippen LogP contribution is 2.38. The zero-order chi connectivity index (χ0) is 22.7. The Labute approximate surface area is 184 Å². The first-order valence-corrected chi connectivity index (χ1v) is 13.0. The second-order valence-electron chi connectivity index (χ2n) is 8.92. The smallest absolute Gasteiger partial charge is 0.268 e. The minimum atomic E-state index is -4.40. The molecule has 0 spiro atoms. The molecular weight excluding hydrogens is 405 g/mol. The number of hydrogen-bond acceptors (Lipinski definition) is 6. The second-order valence-corrected chi connectivity index (χ2v) is 10.3. The molecule has 180 valence electrons. The van der Waals surface area contributed by atoms with Gasteiger partial charge in [-0.15, -0.1) is 0 Å². The summed E-state index contributed by atoms with van der Waals surface area (Å²) in [6, 6.07) is 0. The summed E-state index contributed by atoms with van der Waals surface area (Å²) in [6.07, 6.45) is 16.5. The molecular formula is C22H46NO6P. The van der Waals surface area contributed by atoms with Crippen molar-refractivity contribution < 1.29 is 32.8 Å². The minimum Gasteiger partial charge on any atom is -0.756 e. The Hall–Kier alpha value is -0.430. The van der Waals surface area contributed by atoms with E-state index < -0.39 is 13.9 Å². The third-order valence-electron chi connectivity index (χ3n) is 4.64. The number of unbranched alkanes of at least 4 members (excludes halogenated alkanes) is 10. The summed E-state index contributed by atoms with van der Waals surface area (Å²) in [7, 11) is 1.41. The summed E-state index contributed by atoms with van der Waals surface area (Å²) in [5.74, 6) is 0. The lowest BCUT2D eigenvalue weighted by atomic mass is 10.1. The number of aliphatic hydroxyl groups is 1. The molecule has 0 saturated carbocycles. The summed E-state index contributed by atoms with van der Waals surface area (Å²) < 4.78 is 26.9. The van der Waals surface area contributed by atoms with E-state index in [-0.39, 0.29) is 19.8 Å². The second kappa shape index (κ2) is 18.2. The van der Waals surface area contributed by atoms with E-state index in [1.165, 1.54) is 57.8 Å². The number of phosphoric ester groups is 1. The first kappa shape index (κ1) is 29.6. The molecule has 0 aliphatic heterocycles. The quantitative estimate of drug-likeness (QED) is 0.120. The fourth-order valence-electron chi connectivity index (χ4n) is 2.74. The molecule has 1 N–H and O–H groups in total. The van der Waals surface area contributed by atoms with Crippen molar-refractivity contribution in [3.63, 3.8) is 0 Å². The maximum atomic E-state index is 11.6. The van der Waals surface area contributed by atoms with Crippen LogP contribution in [0.5, 0.6) is 0 Å². The molecule has 8 heteroatoms. The van der Waals surface area contributed by atoms with E-state index >= 15 is 0 Å². The average Bonchev–Trinajstić information content (AvgIpc) is 2.65. The number of likely N-dealkylation sites (N-methyl/N-ethyl adjacent to an activating group) is 1. The third-order valence-corrected chi connectivity index (χ3v) is 5.61. The van der Waals surface area contributed by atoms with Crippen molar-refractivity contribution in [2.24, 2.45) is 0 Å². The zero-order valence-corrected chi connectivity index (χ0v) is 20.6. The van der Waals surface area contributed by atoms with Crippen molar-refractivity contribution >= 4 is 7.82 Å². The van der Waals surface area contributed by atoms with Crippen molar-refractivity contribution in [2.45, 2.75) is 83.7 Å². The Kier molecular flexibility index (Phi) is 17.9. The van der Waals surface area contributed by atoms with E-state index in [0.717, 1.165) is 12.8 Å². The molecule has 0 fully saturated rings. The molecule has 0 heterocycles. The highest BCUT2D eigenvalue weighted by molar-refractivity contribution is 7.45. The maximum Gasteiger partial charge on any atom is 0.268 e. The van der Waals surface area contributed by atoms with Crippen LogP contribution >= 0.6 is 7.82 Å². The van der Waals surface area contributed by atoms with E-state index in [2.05, 4.69) is 6.92 Å². The highest BCUT2D eigenvalue weighted by atomic mass is 31.2. The highest BCUT2D eigenvalue weighted by Gasteiger charge is 2.15. The van der Waals surface area contributed by atoms with Crippen LogP contribution < -0.4 is 4.89 Å². The van der Waals surface area contributed by atoms with Gasteiger partial charge in [0.2, 0.25) is 0 Å². The molecule has 0 aromatic carbocycles. The predicted octanol–water partition coefficient (Wildman–Crippen LogP) is 4.40. The standard InChI is InChI=1S/C22H46NO6P/c1-5-6-7-8-9-10-11-12-13-14-15-16-18-27-20-22(24)21-29-30(25,26)28-19-17-23(2,3)4/h16,18,22,24H,5-15,17,19-21H2,1-4H3/b18-16+/t22-/m1/s1. The number of hydrogen-bond donors (Lipinski definition) is 1. The van der Waals surface area contributed by atoms with Gasteiger partial charge in [0.25, 0.3) is 7.82 Å². The third kappa shape index (κ3) is 22.3. The molecule has 0 bridgehead atoms. The Morgan fingerprint density at radius 1 is 0.933 bits per heavy atom. The predicted molar refractivity (Wildman–Crippen MR) is 120 cm³/mol. The van der Waals surface area contributed by atoms with E-state index in [1.54, 1.807) is 6.26 Å². The molecule has 30 heavy (non-hydrogen) atoms. The van der Waals surface area contributed by atoms with Gasteiger partial charge in [-0.3, -0.25) is 4.57 Å². The van der Waals surface area contributed by atoms with Gasteiger partial charge in [0.1, 0.15) is 25.9 Å². The molecule has 2 atom stereocenters. The normalized spacial score (nSPS) is 15.4. The fourth-order valence-corrected chi connectivity index (χ4v) is 3.48. The van der Waals surface area contributed by atoms with Crippen molar-refractivity contribution in [2.75, 3.05) is 47.5 Å². The summed E-state index contributed by atoms with van der Waals surface area (Å²) in [4.78, 5) is 11.6. The number of nitrogens with zero attached hydrogens (tertiary/aromatic N) is 1. The van der Waals surface area contributed by atoms with Crippen LogP contribution in [-0.2, 0) is 18.3 Å². The average molecular weight is 452 g/mol. The minimum absolute atomic E-state index is 0.0204. The summed E-state index contributed by atoms with van der Waals surface area (Å²) >= 11 is 0. The number of ether oxygens (including phenoxy) is 1. The van der Waals surface area contributed by atoms with Crippen molar-refractivity contribution in [1.29, 1.82) is 0 Å². The molecule has 7 nitrogen and oxygen atoms in total. The van der Waals surface area contributed by atoms with E-state index in [4.69, 9.17) is 13.8 Å². The molecule has 0 radical (unpaired) electrons. The molecule has 0 amide bonds. The van der Waals surface area contributed by atoms with Gasteiger partial charge in [0.05, 0.1) is 34.0 Å². The van der Waals surface area contributed by atoms with Gasteiger partial charge in [-0.2, -0.15) is 0 Å². The van der Waals surface area contributed by atoms with Crippen molar-refractivity contribution in [1.82, 2.24) is 0 Å². The van der Waals surface area contributed by atoms with E-state index in [9.17, 15) is 14.6 Å². The van der Waals surface area contributed by atoms with Crippen LogP contribution in [0.25, 0.3) is 0 Å². The van der Waals surface area contributed by atoms with E-state index in [0.29, 0.717) is 11.0 Å². The van der Waals surface area contributed by atoms with Gasteiger partial charge in [0, 0.05) is 0 Å². The van der Waals surface area contributed by atoms with Crippen molar-refractivity contribution in [3.8, 4) is 0 Å². The van der Waals surface area contributed by atoms with Gasteiger partial charge in [-0.1, -0.05) is 64.7 Å².